The zero-order chi connectivity index (χ0) is 26.6. The highest BCUT2D eigenvalue weighted by molar-refractivity contribution is 14.0. The first-order valence-electron chi connectivity index (χ1n) is 12.7. The van der Waals surface area contributed by atoms with Crippen molar-refractivity contribution in [1.82, 2.24) is 25.2 Å². The summed E-state index contributed by atoms with van der Waals surface area (Å²) in [6, 6.07) is 10.9. The van der Waals surface area contributed by atoms with Gasteiger partial charge in [-0.2, -0.15) is 4.98 Å². The fourth-order valence-corrected chi connectivity index (χ4v) is 4.40. The number of hydrogen-bond acceptors (Lipinski definition) is 7. The predicted octanol–water partition coefficient (Wildman–Crippen LogP) is 5.86. The van der Waals surface area contributed by atoms with Crippen molar-refractivity contribution in [3.63, 3.8) is 0 Å². The van der Waals surface area contributed by atoms with Gasteiger partial charge in [0.2, 0.25) is 5.95 Å². The second kappa shape index (κ2) is 12.7. The van der Waals surface area contributed by atoms with Crippen LogP contribution in [0.2, 0.25) is 0 Å². The van der Waals surface area contributed by atoms with E-state index in [0.29, 0.717) is 29.9 Å². The van der Waals surface area contributed by atoms with Crippen LogP contribution >= 0.6 is 24.0 Å². The van der Waals surface area contributed by atoms with Gasteiger partial charge in [-0.15, -0.1) is 30.6 Å². The normalized spacial score (nSPS) is 14.7. The molecule has 0 fully saturated rings. The maximum absolute atomic E-state index is 12.8. The first-order valence-corrected chi connectivity index (χ1v) is 12.7. The molecule has 3 aromatic rings. The number of nitrogens with one attached hydrogen (secondary N) is 3. The first-order chi connectivity index (χ1) is 17.6. The van der Waals surface area contributed by atoms with Crippen LogP contribution in [0.5, 0.6) is 0 Å². The SMILES string of the molecule is C=CCNC(=O)c1cnc(Nc2ccc3c(c2)CCC(N(C)C)C3)nc1Nc1ccnc(C(C)(C)C)c1.I.[HH]. The quantitative estimate of drug-likeness (QED) is 0.213. The van der Waals surface area contributed by atoms with E-state index in [4.69, 9.17) is 0 Å². The number of aryl methyl sites for hydroxylation is 1. The first kappa shape index (κ1) is 29.5. The summed E-state index contributed by atoms with van der Waals surface area (Å²) in [6.45, 7) is 10.4. The van der Waals surface area contributed by atoms with Crippen LogP contribution in [0.15, 0.2) is 55.4 Å². The molecule has 3 N–H and O–H groups in total. The maximum atomic E-state index is 12.8. The fourth-order valence-electron chi connectivity index (χ4n) is 4.40. The van der Waals surface area contributed by atoms with Crippen molar-refractivity contribution in [3.8, 4) is 0 Å². The average Bonchev–Trinajstić information content (AvgIpc) is 2.86. The van der Waals surface area contributed by atoms with E-state index in [0.717, 1.165) is 36.3 Å². The molecule has 1 unspecified atom stereocenters. The van der Waals surface area contributed by atoms with Gasteiger partial charge >= 0.3 is 0 Å². The Morgan fingerprint density at radius 2 is 1.89 bits per heavy atom. The number of benzene rings is 1. The smallest absolute Gasteiger partial charge is 0.256 e. The molecule has 1 aromatic carbocycles. The van der Waals surface area contributed by atoms with Crippen LogP contribution in [-0.2, 0) is 18.3 Å². The van der Waals surface area contributed by atoms with Gasteiger partial charge in [0.15, 0.2) is 0 Å². The molecule has 38 heavy (non-hydrogen) atoms. The van der Waals surface area contributed by atoms with Gasteiger partial charge in [-0.1, -0.05) is 32.9 Å². The van der Waals surface area contributed by atoms with Gasteiger partial charge in [-0.25, -0.2) is 4.98 Å². The van der Waals surface area contributed by atoms with E-state index >= 15 is 0 Å². The number of nitrogens with zero attached hydrogens (tertiary/aromatic N) is 4. The molecule has 0 saturated heterocycles. The number of carbonyl (C=O) groups excluding carboxylic acids is 1. The number of hydrogen-bond donors (Lipinski definition) is 3. The molecule has 1 aliphatic carbocycles. The Bertz CT molecular complexity index is 1290. The molecule has 2 heterocycles. The van der Waals surface area contributed by atoms with E-state index in [-0.39, 0.29) is 36.7 Å². The van der Waals surface area contributed by atoms with E-state index in [9.17, 15) is 4.79 Å². The summed E-state index contributed by atoms with van der Waals surface area (Å²) in [5.41, 5.74) is 5.64. The summed E-state index contributed by atoms with van der Waals surface area (Å²) >= 11 is 0. The lowest BCUT2D eigenvalue weighted by Gasteiger charge is -2.30. The van der Waals surface area contributed by atoms with Crippen LogP contribution < -0.4 is 16.0 Å². The Hall–Kier alpha value is -3.05. The summed E-state index contributed by atoms with van der Waals surface area (Å²) < 4.78 is 0. The van der Waals surface area contributed by atoms with E-state index in [1.807, 2.05) is 12.1 Å². The number of carbonyl (C=O) groups is 1. The maximum Gasteiger partial charge on any atom is 0.256 e. The molecular weight excluding hydrogens is 589 g/mol. The number of amides is 1. The Kier molecular flexibility index (Phi) is 9.83. The summed E-state index contributed by atoms with van der Waals surface area (Å²) in [7, 11) is 4.29. The number of rotatable bonds is 8. The molecule has 204 valence electrons. The van der Waals surface area contributed by atoms with Crippen LogP contribution in [0.4, 0.5) is 23.1 Å². The molecule has 2 aromatic heterocycles. The van der Waals surface area contributed by atoms with Crippen molar-refractivity contribution in [1.29, 1.82) is 0 Å². The molecule has 0 aliphatic heterocycles. The molecule has 1 amide bonds. The van der Waals surface area contributed by atoms with E-state index < -0.39 is 0 Å². The van der Waals surface area contributed by atoms with Crippen molar-refractivity contribution in [2.45, 2.75) is 51.5 Å². The van der Waals surface area contributed by atoms with E-state index in [1.54, 1.807) is 18.5 Å². The number of likely N-dealkylation sites (N-methyl/N-ethyl adjacent to an activating group) is 1. The Morgan fingerprint density at radius 1 is 1.13 bits per heavy atom. The lowest BCUT2D eigenvalue weighted by molar-refractivity contribution is 0.0958. The number of aromatic nitrogens is 3. The Morgan fingerprint density at radius 3 is 2.61 bits per heavy atom. The van der Waals surface area contributed by atoms with Crippen molar-refractivity contribution >= 4 is 53.0 Å². The second-order valence-corrected chi connectivity index (χ2v) is 10.7. The third kappa shape index (κ3) is 7.28. The molecule has 0 bridgehead atoms. The van der Waals surface area contributed by atoms with Gasteiger partial charge in [0.25, 0.3) is 5.91 Å². The summed E-state index contributed by atoms with van der Waals surface area (Å²) in [5.74, 6) is 0.551. The van der Waals surface area contributed by atoms with Crippen LogP contribution in [-0.4, -0.2) is 52.4 Å². The monoisotopic (exact) mass is 629 g/mol. The van der Waals surface area contributed by atoms with Gasteiger partial charge in [-0.3, -0.25) is 9.78 Å². The summed E-state index contributed by atoms with van der Waals surface area (Å²) in [4.78, 5) is 28.8. The largest absolute Gasteiger partial charge is 0.348 e. The van der Waals surface area contributed by atoms with Crippen molar-refractivity contribution in [2.24, 2.45) is 0 Å². The van der Waals surface area contributed by atoms with Crippen LogP contribution in [0.25, 0.3) is 0 Å². The van der Waals surface area contributed by atoms with Crippen LogP contribution in [0.1, 0.15) is 55.8 Å². The zero-order valence-electron chi connectivity index (χ0n) is 22.8. The minimum absolute atomic E-state index is 0. The highest BCUT2D eigenvalue weighted by Gasteiger charge is 2.21. The van der Waals surface area contributed by atoms with E-state index in [1.165, 1.54) is 11.1 Å². The minimum atomic E-state index is -0.275. The fraction of sp³-hybridized carbons (Fsp3) is 0.379. The van der Waals surface area contributed by atoms with Crippen LogP contribution in [0, 0.1) is 0 Å². The van der Waals surface area contributed by atoms with Gasteiger partial charge in [0, 0.05) is 48.9 Å². The summed E-state index contributed by atoms with van der Waals surface area (Å²) in [6.07, 6.45) is 8.19. The number of anilines is 4. The Balaban J connectivity index is 0.00000267. The lowest BCUT2D eigenvalue weighted by atomic mass is 9.87. The highest BCUT2D eigenvalue weighted by Crippen LogP contribution is 2.29. The van der Waals surface area contributed by atoms with Gasteiger partial charge in [0.1, 0.15) is 11.4 Å². The third-order valence-electron chi connectivity index (χ3n) is 6.63. The highest BCUT2D eigenvalue weighted by atomic mass is 127. The molecule has 1 aliphatic rings. The van der Waals surface area contributed by atoms with Crippen LogP contribution in [0.3, 0.4) is 0 Å². The minimum Gasteiger partial charge on any atom is -0.348 e. The average molecular weight is 630 g/mol. The van der Waals surface area contributed by atoms with Gasteiger partial charge in [-0.05, 0) is 68.8 Å². The van der Waals surface area contributed by atoms with Crippen molar-refractivity contribution < 1.29 is 6.22 Å². The molecule has 0 radical (unpaired) electrons. The Labute approximate surface area is 244 Å². The number of halogens is 1. The molecule has 4 rings (SSSR count). The van der Waals surface area contributed by atoms with Gasteiger partial charge in [0.05, 0.1) is 0 Å². The predicted molar refractivity (Wildman–Crippen MR) is 168 cm³/mol. The summed E-state index contributed by atoms with van der Waals surface area (Å²) in [5, 5.41) is 9.45. The number of fused-ring (bicyclic) bond motifs is 1. The van der Waals surface area contributed by atoms with Gasteiger partial charge < -0.3 is 20.9 Å². The molecule has 1 atom stereocenters. The lowest BCUT2D eigenvalue weighted by Crippen LogP contribution is -2.33. The van der Waals surface area contributed by atoms with Crippen molar-refractivity contribution in [2.75, 3.05) is 31.3 Å². The second-order valence-electron chi connectivity index (χ2n) is 10.7. The zero-order valence-corrected chi connectivity index (χ0v) is 25.2. The van der Waals surface area contributed by atoms with Crippen molar-refractivity contribution in [3.05, 3.63) is 77.8 Å². The standard InChI is InChI=1S/C29H37N7O.HI.H2/c1-7-13-31-27(37)24-18-32-28(35-26(24)33-22-12-14-30-25(17-22)29(2,3)4)34-21-10-8-20-16-23(36(5)6)11-9-19(20)15-21;;/h7-8,10,12,14-15,17-18,23H,1,9,11,13,16H2,2-6H3,(H,31,37)(H2,30,32,33,34,35);2*1H. The third-order valence-corrected chi connectivity index (χ3v) is 6.63. The molecule has 8 nitrogen and oxygen atoms in total. The molecule has 0 saturated carbocycles. The molecule has 0 spiro atoms. The van der Waals surface area contributed by atoms with E-state index in [2.05, 4.69) is 95.4 Å². The topological polar surface area (TPSA) is 95.1 Å². The number of pyridine rings is 1. The molecular formula is C29H40IN7O. The molecule has 9 heteroatoms.